The van der Waals surface area contributed by atoms with Crippen LogP contribution in [-0.2, 0) is 6.54 Å². The Balaban J connectivity index is 1.71. The summed E-state index contributed by atoms with van der Waals surface area (Å²) in [7, 11) is 0. The molecule has 110 valence electrons. The summed E-state index contributed by atoms with van der Waals surface area (Å²) in [6.45, 7) is 2.42. The normalized spacial score (nSPS) is 15.0. The number of piperidine rings is 1. The van der Waals surface area contributed by atoms with Crippen molar-refractivity contribution in [1.29, 1.82) is 0 Å². The molecule has 1 saturated heterocycles. The van der Waals surface area contributed by atoms with Crippen molar-refractivity contribution >= 4 is 23.5 Å². The number of nitrogens with zero attached hydrogens (tertiary/aromatic N) is 6. The van der Waals surface area contributed by atoms with Gasteiger partial charge < -0.3 is 10.2 Å². The first kappa shape index (κ1) is 13.9. The van der Waals surface area contributed by atoms with Crippen molar-refractivity contribution in [2.45, 2.75) is 25.8 Å². The summed E-state index contributed by atoms with van der Waals surface area (Å²) in [6.07, 6.45) is 5.21. The Labute approximate surface area is 127 Å². The number of hydrogen-bond acceptors (Lipinski definition) is 7. The molecule has 2 aromatic rings. The van der Waals surface area contributed by atoms with Crippen LogP contribution in [0.3, 0.4) is 0 Å². The highest BCUT2D eigenvalue weighted by Gasteiger charge is 2.15. The van der Waals surface area contributed by atoms with Crippen molar-refractivity contribution in [3.8, 4) is 0 Å². The molecule has 3 rings (SSSR count). The molecule has 3 heterocycles. The topological polar surface area (TPSA) is 79.7 Å². The Morgan fingerprint density at radius 2 is 2.00 bits per heavy atom. The minimum Gasteiger partial charge on any atom is -0.348 e. The van der Waals surface area contributed by atoms with Gasteiger partial charge in [-0.3, -0.25) is 0 Å². The van der Waals surface area contributed by atoms with E-state index >= 15 is 0 Å². The molecule has 0 aromatic carbocycles. The zero-order valence-corrected chi connectivity index (χ0v) is 12.3. The quantitative estimate of drug-likeness (QED) is 0.924. The van der Waals surface area contributed by atoms with Crippen molar-refractivity contribution in [3.63, 3.8) is 0 Å². The van der Waals surface area contributed by atoms with Crippen molar-refractivity contribution < 1.29 is 0 Å². The van der Waals surface area contributed by atoms with Crippen LogP contribution in [0.25, 0.3) is 0 Å². The van der Waals surface area contributed by atoms with E-state index < -0.39 is 0 Å². The standard InChI is InChI=1S/C13H16ClN7/c14-11-17-12(15-9-10-5-4-6-16-20-10)19-13(18-11)21-7-2-1-3-8-21/h4-6H,1-3,7-9H2,(H,15,17,18,19). The van der Waals surface area contributed by atoms with Gasteiger partial charge in [0.1, 0.15) is 0 Å². The van der Waals surface area contributed by atoms with Crippen LogP contribution < -0.4 is 10.2 Å². The average Bonchev–Trinajstić information content (AvgIpc) is 2.54. The van der Waals surface area contributed by atoms with Crippen LogP contribution in [0, 0.1) is 0 Å². The van der Waals surface area contributed by atoms with E-state index in [0.29, 0.717) is 18.4 Å². The Bertz CT molecular complexity index is 586. The van der Waals surface area contributed by atoms with Crippen LogP contribution in [0.2, 0.25) is 5.28 Å². The first-order valence-electron chi connectivity index (χ1n) is 6.98. The number of halogens is 1. The van der Waals surface area contributed by atoms with E-state index in [-0.39, 0.29) is 5.28 Å². The van der Waals surface area contributed by atoms with Gasteiger partial charge in [-0.05, 0) is 43.0 Å². The third-order valence-corrected chi connectivity index (χ3v) is 3.46. The minimum absolute atomic E-state index is 0.201. The predicted octanol–water partition coefficient (Wildman–Crippen LogP) is 1.92. The van der Waals surface area contributed by atoms with Crippen molar-refractivity contribution in [2.24, 2.45) is 0 Å². The molecule has 1 fully saturated rings. The summed E-state index contributed by atoms with van der Waals surface area (Å²) < 4.78 is 0. The van der Waals surface area contributed by atoms with Gasteiger partial charge >= 0.3 is 0 Å². The van der Waals surface area contributed by atoms with E-state index in [4.69, 9.17) is 11.6 Å². The zero-order valence-electron chi connectivity index (χ0n) is 11.5. The molecule has 0 radical (unpaired) electrons. The second-order valence-corrected chi connectivity index (χ2v) is 5.18. The average molecular weight is 306 g/mol. The van der Waals surface area contributed by atoms with E-state index in [0.717, 1.165) is 31.6 Å². The summed E-state index contributed by atoms with van der Waals surface area (Å²) in [6, 6.07) is 3.72. The van der Waals surface area contributed by atoms with Crippen LogP contribution in [0.1, 0.15) is 25.0 Å². The summed E-state index contributed by atoms with van der Waals surface area (Å²) >= 11 is 5.99. The molecule has 0 unspecified atom stereocenters. The molecule has 0 aliphatic carbocycles. The van der Waals surface area contributed by atoms with Gasteiger partial charge in [-0.15, -0.1) is 0 Å². The second-order valence-electron chi connectivity index (χ2n) is 4.84. The Hall–Kier alpha value is -2.02. The summed E-state index contributed by atoms with van der Waals surface area (Å²) in [5.74, 6) is 1.09. The Kier molecular flexibility index (Phi) is 4.40. The lowest BCUT2D eigenvalue weighted by atomic mass is 10.1. The maximum absolute atomic E-state index is 5.99. The summed E-state index contributed by atoms with van der Waals surface area (Å²) in [5.41, 5.74) is 0.813. The number of aromatic nitrogens is 5. The smallest absolute Gasteiger partial charge is 0.231 e. The molecule has 21 heavy (non-hydrogen) atoms. The first-order valence-corrected chi connectivity index (χ1v) is 7.36. The van der Waals surface area contributed by atoms with E-state index in [1.54, 1.807) is 6.20 Å². The largest absolute Gasteiger partial charge is 0.348 e. The van der Waals surface area contributed by atoms with E-state index in [9.17, 15) is 0 Å². The first-order chi connectivity index (χ1) is 10.3. The monoisotopic (exact) mass is 305 g/mol. The molecular weight excluding hydrogens is 290 g/mol. The van der Waals surface area contributed by atoms with Gasteiger partial charge in [0.25, 0.3) is 0 Å². The fraction of sp³-hybridized carbons (Fsp3) is 0.462. The zero-order chi connectivity index (χ0) is 14.5. The number of rotatable bonds is 4. The van der Waals surface area contributed by atoms with Gasteiger partial charge in [-0.1, -0.05) is 0 Å². The van der Waals surface area contributed by atoms with Crippen LogP contribution in [0.5, 0.6) is 0 Å². The second kappa shape index (κ2) is 6.62. The molecule has 0 saturated carbocycles. The van der Waals surface area contributed by atoms with Crippen LogP contribution >= 0.6 is 11.6 Å². The lowest BCUT2D eigenvalue weighted by Crippen LogP contribution is -2.31. The summed E-state index contributed by atoms with van der Waals surface area (Å²) in [4.78, 5) is 14.9. The van der Waals surface area contributed by atoms with Crippen LogP contribution in [-0.4, -0.2) is 38.2 Å². The third kappa shape index (κ3) is 3.75. The highest BCUT2D eigenvalue weighted by molar-refractivity contribution is 6.28. The maximum Gasteiger partial charge on any atom is 0.231 e. The van der Waals surface area contributed by atoms with Crippen molar-refractivity contribution in [3.05, 3.63) is 29.3 Å². The minimum atomic E-state index is 0.201. The molecule has 0 bridgehead atoms. The number of nitrogens with one attached hydrogen (secondary N) is 1. The van der Waals surface area contributed by atoms with E-state index in [1.807, 2.05) is 12.1 Å². The van der Waals surface area contributed by atoms with Crippen molar-refractivity contribution in [2.75, 3.05) is 23.3 Å². The van der Waals surface area contributed by atoms with Gasteiger partial charge in [0.15, 0.2) is 0 Å². The van der Waals surface area contributed by atoms with E-state index in [1.165, 1.54) is 6.42 Å². The number of hydrogen-bond donors (Lipinski definition) is 1. The molecular formula is C13H16ClN7. The van der Waals surface area contributed by atoms with Gasteiger partial charge in [-0.25, -0.2) is 0 Å². The molecule has 1 aliphatic heterocycles. The fourth-order valence-electron chi connectivity index (χ4n) is 2.25. The molecule has 1 N–H and O–H groups in total. The third-order valence-electron chi connectivity index (χ3n) is 3.29. The molecule has 0 spiro atoms. The Morgan fingerprint density at radius 1 is 1.14 bits per heavy atom. The van der Waals surface area contributed by atoms with Crippen molar-refractivity contribution in [1.82, 2.24) is 25.1 Å². The molecule has 1 aliphatic rings. The predicted molar refractivity (Wildman–Crippen MR) is 80.3 cm³/mol. The highest BCUT2D eigenvalue weighted by atomic mass is 35.5. The molecule has 0 atom stereocenters. The number of anilines is 2. The molecule has 7 nitrogen and oxygen atoms in total. The van der Waals surface area contributed by atoms with Crippen LogP contribution in [0.4, 0.5) is 11.9 Å². The van der Waals surface area contributed by atoms with Gasteiger partial charge in [-0.2, -0.15) is 25.1 Å². The summed E-state index contributed by atoms with van der Waals surface area (Å²) in [5, 5.41) is 11.1. The SMILES string of the molecule is Clc1nc(NCc2cccnn2)nc(N2CCCCC2)n1. The highest BCUT2D eigenvalue weighted by Crippen LogP contribution is 2.18. The lowest BCUT2D eigenvalue weighted by molar-refractivity contribution is 0.567. The van der Waals surface area contributed by atoms with Gasteiger partial charge in [0.2, 0.25) is 17.2 Å². The van der Waals surface area contributed by atoms with E-state index in [2.05, 4.69) is 35.4 Å². The maximum atomic E-state index is 5.99. The lowest BCUT2D eigenvalue weighted by Gasteiger charge is -2.26. The van der Waals surface area contributed by atoms with Gasteiger partial charge in [0.05, 0.1) is 12.2 Å². The van der Waals surface area contributed by atoms with Gasteiger partial charge in [0, 0.05) is 19.3 Å². The molecule has 2 aromatic heterocycles. The Morgan fingerprint density at radius 3 is 2.76 bits per heavy atom. The fourth-order valence-corrected chi connectivity index (χ4v) is 2.41. The molecule has 0 amide bonds. The molecule has 8 heteroatoms. The van der Waals surface area contributed by atoms with Crippen LogP contribution in [0.15, 0.2) is 18.3 Å².